The van der Waals surface area contributed by atoms with Crippen LogP contribution in [0, 0.1) is 6.92 Å². The lowest BCUT2D eigenvalue weighted by Gasteiger charge is -2.17. The number of rotatable bonds is 10. The van der Waals surface area contributed by atoms with E-state index in [9.17, 15) is 8.42 Å². The summed E-state index contributed by atoms with van der Waals surface area (Å²) in [7, 11) is -0.460. The standard InChI is InChI=1S/C23H34N4O3S/c1-6-14-30-21-15-18(3)12-13-19(21)16-25-23(24-7-2)26-17-20-10-8-9-11-22(20)31(28,29)27(4)5/h8-13,15H,6-7,14,16-17H2,1-5H3,(H2,24,25,26). The predicted octanol–water partition coefficient (Wildman–Crippen LogP) is 3.29. The van der Waals surface area contributed by atoms with Crippen molar-refractivity contribution < 1.29 is 13.2 Å². The molecule has 2 rings (SSSR count). The lowest BCUT2D eigenvalue weighted by Crippen LogP contribution is -2.37. The van der Waals surface area contributed by atoms with Gasteiger partial charge in [0, 0.05) is 32.7 Å². The SMILES string of the molecule is CCCOc1cc(C)ccc1CN=C(NCC)NCc1ccccc1S(=O)(=O)N(C)C. The number of aliphatic imine (C=N–C) groups is 1. The van der Waals surface area contributed by atoms with Crippen LogP contribution in [0.4, 0.5) is 0 Å². The number of guanidine groups is 1. The Kier molecular flexibility index (Phi) is 9.33. The van der Waals surface area contributed by atoms with Gasteiger partial charge < -0.3 is 15.4 Å². The zero-order valence-electron chi connectivity index (χ0n) is 19.1. The van der Waals surface area contributed by atoms with E-state index in [1.54, 1.807) is 12.1 Å². The molecule has 0 spiro atoms. The normalized spacial score (nSPS) is 12.1. The highest BCUT2D eigenvalue weighted by Crippen LogP contribution is 2.22. The zero-order valence-corrected chi connectivity index (χ0v) is 19.9. The summed E-state index contributed by atoms with van der Waals surface area (Å²) in [4.78, 5) is 4.97. The van der Waals surface area contributed by atoms with Crippen LogP contribution in [0.15, 0.2) is 52.4 Å². The van der Waals surface area contributed by atoms with E-state index < -0.39 is 10.0 Å². The number of hydrogen-bond donors (Lipinski definition) is 2. The number of nitrogens with one attached hydrogen (secondary N) is 2. The second-order valence-corrected chi connectivity index (χ2v) is 9.52. The molecule has 31 heavy (non-hydrogen) atoms. The summed E-state index contributed by atoms with van der Waals surface area (Å²) >= 11 is 0. The average Bonchev–Trinajstić information content (AvgIpc) is 2.75. The third kappa shape index (κ3) is 6.97. The van der Waals surface area contributed by atoms with Crippen molar-refractivity contribution in [3.8, 4) is 5.75 Å². The smallest absolute Gasteiger partial charge is 0.242 e. The monoisotopic (exact) mass is 446 g/mol. The van der Waals surface area contributed by atoms with Gasteiger partial charge in [-0.3, -0.25) is 0 Å². The van der Waals surface area contributed by atoms with E-state index in [1.807, 2.05) is 44.2 Å². The van der Waals surface area contributed by atoms with Gasteiger partial charge in [0.1, 0.15) is 5.75 Å². The zero-order chi connectivity index (χ0) is 22.9. The van der Waals surface area contributed by atoms with Gasteiger partial charge in [-0.05, 0) is 43.5 Å². The molecule has 0 saturated carbocycles. The van der Waals surface area contributed by atoms with Crippen molar-refractivity contribution in [3.63, 3.8) is 0 Å². The Morgan fingerprint density at radius 1 is 1.06 bits per heavy atom. The first-order valence-electron chi connectivity index (χ1n) is 10.5. The van der Waals surface area contributed by atoms with Gasteiger partial charge >= 0.3 is 0 Å². The van der Waals surface area contributed by atoms with Crippen LogP contribution in [-0.4, -0.2) is 45.9 Å². The number of ether oxygens (including phenoxy) is 1. The quantitative estimate of drug-likeness (QED) is 0.432. The first-order valence-corrected chi connectivity index (χ1v) is 12.0. The second-order valence-electron chi connectivity index (χ2n) is 7.40. The van der Waals surface area contributed by atoms with Gasteiger partial charge in [-0.15, -0.1) is 0 Å². The maximum absolute atomic E-state index is 12.6. The maximum atomic E-state index is 12.6. The van der Waals surface area contributed by atoms with Crippen molar-refractivity contribution in [1.29, 1.82) is 0 Å². The minimum atomic E-state index is -3.53. The van der Waals surface area contributed by atoms with Crippen LogP contribution in [0.25, 0.3) is 0 Å². The van der Waals surface area contributed by atoms with Crippen molar-refractivity contribution in [2.75, 3.05) is 27.2 Å². The Morgan fingerprint density at radius 2 is 1.81 bits per heavy atom. The van der Waals surface area contributed by atoms with Gasteiger partial charge in [-0.25, -0.2) is 17.7 Å². The summed E-state index contributed by atoms with van der Waals surface area (Å²) in [5, 5.41) is 6.46. The molecule has 0 aliphatic heterocycles. The summed E-state index contributed by atoms with van der Waals surface area (Å²) in [6.45, 7) is 8.25. The van der Waals surface area contributed by atoms with E-state index in [4.69, 9.17) is 4.74 Å². The fraction of sp³-hybridized carbons (Fsp3) is 0.435. The Morgan fingerprint density at radius 3 is 2.48 bits per heavy atom. The van der Waals surface area contributed by atoms with Crippen LogP contribution in [0.3, 0.4) is 0 Å². The molecule has 0 atom stereocenters. The largest absolute Gasteiger partial charge is 0.493 e. The molecule has 170 valence electrons. The van der Waals surface area contributed by atoms with Crippen LogP contribution in [0.2, 0.25) is 0 Å². The molecule has 0 aromatic heterocycles. The van der Waals surface area contributed by atoms with Gasteiger partial charge in [0.25, 0.3) is 0 Å². The molecule has 0 bridgehead atoms. The molecule has 0 heterocycles. The van der Waals surface area contributed by atoms with Crippen molar-refractivity contribution in [1.82, 2.24) is 14.9 Å². The summed E-state index contributed by atoms with van der Waals surface area (Å²) in [6, 6.07) is 13.1. The molecule has 0 radical (unpaired) electrons. The molecule has 0 fully saturated rings. The molecule has 0 aliphatic carbocycles. The fourth-order valence-corrected chi connectivity index (χ4v) is 4.04. The van der Waals surface area contributed by atoms with Crippen molar-refractivity contribution in [2.45, 2.75) is 45.2 Å². The van der Waals surface area contributed by atoms with E-state index in [0.29, 0.717) is 37.8 Å². The first-order chi connectivity index (χ1) is 14.8. The Balaban J connectivity index is 2.20. The Bertz CT molecular complexity index is 988. The molecule has 2 aromatic rings. The highest BCUT2D eigenvalue weighted by atomic mass is 32.2. The number of sulfonamides is 1. The van der Waals surface area contributed by atoms with Crippen molar-refractivity contribution in [3.05, 3.63) is 59.2 Å². The van der Waals surface area contributed by atoms with E-state index in [-0.39, 0.29) is 4.90 Å². The van der Waals surface area contributed by atoms with Gasteiger partial charge in [0.2, 0.25) is 10.0 Å². The van der Waals surface area contributed by atoms with E-state index in [1.165, 1.54) is 18.4 Å². The molecular formula is C23H34N4O3S. The lowest BCUT2D eigenvalue weighted by molar-refractivity contribution is 0.314. The first kappa shape index (κ1) is 24.7. The van der Waals surface area contributed by atoms with Crippen LogP contribution >= 0.6 is 0 Å². The maximum Gasteiger partial charge on any atom is 0.242 e. The topological polar surface area (TPSA) is 83.0 Å². The Hall–Kier alpha value is -2.58. The lowest BCUT2D eigenvalue weighted by atomic mass is 10.1. The minimum absolute atomic E-state index is 0.289. The fourth-order valence-electron chi connectivity index (χ4n) is 2.92. The van der Waals surface area contributed by atoms with Crippen LogP contribution in [0.5, 0.6) is 5.75 Å². The number of nitrogens with zero attached hydrogens (tertiary/aromatic N) is 2. The predicted molar refractivity (Wildman–Crippen MR) is 126 cm³/mol. The van der Waals surface area contributed by atoms with Gasteiger partial charge in [-0.2, -0.15) is 0 Å². The molecule has 2 N–H and O–H groups in total. The Labute approximate surface area is 186 Å². The van der Waals surface area contributed by atoms with Gasteiger partial charge in [0.05, 0.1) is 18.0 Å². The molecule has 8 heteroatoms. The third-order valence-electron chi connectivity index (χ3n) is 4.61. The van der Waals surface area contributed by atoms with Crippen molar-refractivity contribution in [2.24, 2.45) is 4.99 Å². The molecule has 7 nitrogen and oxygen atoms in total. The summed E-state index contributed by atoms with van der Waals surface area (Å²) < 4.78 is 32.4. The molecule has 0 amide bonds. The molecule has 0 saturated heterocycles. The molecule has 2 aromatic carbocycles. The summed E-state index contributed by atoms with van der Waals surface area (Å²) in [6.07, 6.45) is 0.941. The number of benzene rings is 2. The van der Waals surface area contributed by atoms with E-state index in [2.05, 4.69) is 22.5 Å². The molecule has 0 unspecified atom stereocenters. The van der Waals surface area contributed by atoms with Crippen LogP contribution in [-0.2, 0) is 23.1 Å². The number of hydrogen-bond acceptors (Lipinski definition) is 4. The third-order valence-corrected chi connectivity index (χ3v) is 6.53. The van der Waals surface area contributed by atoms with Crippen LogP contribution < -0.4 is 15.4 Å². The van der Waals surface area contributed by atoms with Crippen molar-refractivity contribution >= 4 is 16.0 Å². The van der Waals surface area contributed by atoms with E-state index in [0.717, 1.165) is 23.3 Å². The molecular weight excluding hydrogens is 412 g/mol. The average molecular weight is 447 g/mol. The summed E-state index contributed by atoms with van der Waals surface area (Å²) in [5.41, 5.74) is 2.83. The second kappa shape index (κ2) is 11.7. The minimum Gasteiger partial charge on any atom is -0.493 e. The molecule has 0 aliphatic rings. The van der Waals surface area contributed by atoms with Crippen LogP contribution in [0.1, 0.15) is 37.0 Å². The highest BCUT2D eigenvalue weighted by molar-refractivity contribution is 7.89. The van der Waals surface area contributed by atoms with Gasteiger partial charge in [-0.1, -0.05) is 37.3 Å². The van der Waals surface area contributed by atoms with E-state index >= 15 is 0 Å². The summed E-state index contributed by atoms with van der Waals surface area (Å²) in [5.74, 6) is 1.46. The highest BCUT2D eigenvalue weighted by Gasteiger charge is 2.20. The number of aryl methyl sites for hydroxylation is 1. The van der Waals surface area contributed by atoms with Gasteiger partial charge in [0.15, 0.2) is 5.96 Å².